The predicted octanol–water partition coefficient (Wildman–Crippen LogP) is 0.678. The zero-order valence-electron chi connectivity index (χ0n) is 11.1. The van der Waals surface area contributed by atoms with Gasteiger partial charge in [-0.05, 0) is 26.1 Å². The standard InChI is InChI=1S/C14H21N3O/c1-16(2)14(13(15)18)8-9-17(11-14)10-12-6-4-3-5-7-12/h3-7H,8-11H2,1-2H3,(H2,15,18). The molecule has 1 atom stereocenters. The molecule has 0 aliphatic carbocycles. The van der Waals surface area contributed by atoms with E-state index in [9.17, 15) is 4.79 Å². The molecule has 1 unspecified atom stereocenters. The largest absolute Gasteiger partial charge is 0.368 e. The smallest absolute Gasteiger partial charge is 0.239 e. The maximum absolute atomic E-state index is 11.7. The number of benzene rings is 1. The minimum atomic E-state index is -0.505. The van der Waals surface area contributed by atoms with Crippen LogP contribution in [0.1, 0.15) is 12.0 Å². The van der Waals surface area contributed by atoms with E-state index in [1.54, 1.807) is 0 Å². The molecule has 1 amide bonds. The average Bonchev–Trinajstić information content (AvgIpc) is 2.76. The van der Waals surface area contributed by atoms with Crippen molar-refractivity contribution in [2.24, 2.45) is 5.73 Å². The molecule has 0 aromatic heterocycles. The van der Waals surface area contributed by atoms with E-state index in [2.05, 4.69) is 17.0 Å². The van der Waals surface area contributed by atoms with Crippen LogP contribution in [0.15, 0.2) is 30.3 Å². The van der Waals surface area contributed by atoms with Gasteiger partial charge in [0.05, 0.1) is 0 Å². The fourth-order valence-corrected chi connectivity index (χ4v) is 2.63. The van der Waals surface area contributed by atoms with Crippen LogP contribution in [-0.2, 0) is 11.3 Å². The molecule has 1 saturated heterocycles. The summed E-state index contributed by atoms with van der Waals surface area (Å²) in [7, 11) is 3.85. The van der Waals surface area contributed by atoms with Crippen LogP contribution in [0.2, 0.25) is 0 Å². The Bertz CT molecular complexity index is 418. The number of carbonyl (C=O) groups excluding carboxylic acids is 1. The maximum atomic E-state index is 11.7. The lowest BCUT2D eigenvalue weighted by Gasteiger charge is -2.33. The van der Waals surface area contributed by atoms with Crippen molar-refractivity contribution in [2.75, 3.05) is 27.2 Å². The normalized spacial score (nSPS) is 24.6. The molecule has 1 aliphatic rings. The summed E-state index contributed by atoms with van der Waals surface area (Å²) >= 11 is 0. The zero-order valence-corrected chi connectivity index (χ0v) is 11.1. The molecule has 18 heavy (non-hydrogen) atoms. The van der Waals surface area contributed by atoms with Crippen LogP contribution in [0, 0.1) is 0 Å². The summed E-state index contributed by atoms with van der Waals surface area (Å²) in [5.41, 5.74) is 6.35. The van der Waals surface area contributed by atoms with Gasteiger partial charge in [-0.25, -0.2) is 0 Å². The number of hydrogen-bond donors (Lipinski definition) is 1. The Morgan fingerprint density at radius 2 is 2.06 bits per heavy atom. The highest BCUT2D eigenvalue weighted by atomic mass is 16.1. The van der Waals surface area contributed by atoms with Crippen LogP contribution >= 0.6 is 0 Å². The number of hydrogen-bond acceptors (Lipinski definition) is 3. The average molecular weight is 247 g/mol. The van der Waals surface area contributed by atoms with Gasteiger partial charge in [0.25, 0.3) is 0 Å². The molecular formula is C14H21N3O. The molecule has 0 spiro atoms. The minimum absolute atomic E-state index is 0.219. The number of nitrogens with two attached hydrogens (primary N) is 1. The van der Waals surface area contributed by atoms with Gasteiger partial charge in [-0.2, -0.15) is 0 Å². The summed E-state index contributed by atoms with van der Waals surface area (Å²) in [5.74, 6) is -0.219. The third-order valence-corrected chi connectivity index (χ3v) is 3.89. The number of carbonyl (C=O) groups is 1. The van der Waals surface area contributed by atoms with E-state index in [-0.39, 0.29) is 5.91 Å². The van der Waals surface area contributed by atoms with Crippen LogP contribution in [0.3, 0.4) is 0 Å². The van der Waals surface area contributed by atoms with Crippen molar-refractivity contribution in [1.82, 2.24) is 9.80 Å². The molecule has 1 aromatic rings. The summed E-state index contributed by atoms with van der Waals surface area (Å²) in [6, 6.07) is 10.3. The first-order valence-electron chi connectivity index (χ1n) is 6.28. The van der Waals surface area contributed by atoms with E-state index < -0.39 is 5.54 Å². The summed E-state index contributed by atoms with van der Waals surface area (Å²) in [4.78, 5) is 16.0. The number of primary amides is 1. The molecule has 1 heterocycles. The minimum Gasteiger partial charge on any atom is -0.368 e. The molecule has 0 saturated carbocycles. The molecule has 98 valence electrons. The Kier molecular flexibility index (Phi) is 3.68. The van der Waals surface area contributed by atoms with Crippen molar-refractivity contribution in [3.8, 4) is 0 Å². The molecular weight excluding hydrogens is 226 g/mol. The topological polar surface area (TPSA) is 49.6 Å². The van der Waals surface area contributed by atoms with Gasteiger partial charge in [0.1, 0.15) is 5.54 Å². The monoisotopic (exact) mass is 247 g/mol. The highest BCUT2D eigenvalue weighted by Crippen LogP contribution is 2.27. The summed E-state index contributed by atoms with van der Waals surface area (Å²) < 4.78 is 0. The van der Waals surface area contributed by atoms with E-state index >= 15 is 0 Å². The first kappa shape index (κ1) is 13.1. The third-order valence-electron chi connectivity index (χ3n) is 3.89. The van der Waals surface area contributed by atoms with Gasteiger partial charge in [0.15, 0.2) is 0 Å². The highest BCUT2D eigenvalue weighted by molar-refractivity contribution is 5.85. The van der Waals surface area contributed by atoms with Crippen LogP contribution < -0.4 is 5.73 Å². The number of rotatable bonds is 4. The molecule has 4 heteroatoms. The van der Waals surface area contributed by atoms with E-state index in [1.165, 1.54) is 5.56 Å². The number of nitrogens with zero attached hydrogens (tertiary/aromatic N) is 2. The molecule has 1 aromatic carbocycles. The van der Waals surface area contributed by atoms with E-state index in [1.807, 2.05) is 37.2 Å². The first-order chi connectivity index (χ1) is 8.54. The Morgan fingerprint density at radius 3 is 2.56 bits per heavy atom. The zero-order chi connectivity index (χ0) is 13.2. The molecule has 0 bridgehead atoms. The molecule has 4 nitrogen and oxygen atoms in total. The molecule has 2 rings (SSSR count). The SMILES string of the molecule is CN(C)C1(C(N)=O)CCN(Cc2ccccc2)C1. The van der Waals surface area contributed by atoms with Gasteiger partial charge in [-0.1, -0.05) is 30.3 Å². The van der Waals surface area contributed by atoms with Crippen molar-refractivity contribution < 1.29 is 4.79 Å². The lowest BCUT2D eigenvalue weighted by molar-refractivity contribution is -0.128. The van der Waals surface area contributed by atoms with Crippen molar-refractivity contribution >= 4 is 5.91 Å². The second-order valence-corrected chi connectivity index (χ2v) is 5.24. The Hall–Kier alpha value is -1.39. The number of likely N-dealkylation sites (N-methyl/N-ethyl adjacent to an activating group) is 1. The lowest BCUT2D eigenvalue weighted by atomic mass is 9.96. The summed E-state index contributed by atoms with van der Waals surface area (Å²) in [5, 5.41) is 0. The van der Waals surface area contributed by atoms with Crippen molar-refractivity contribution in [3.63, 3.8) is 0 Å². The predicted molar refractivity (Wildman–Crippen MR) is 71.9 cm³/mol. The van der Waals surface area contributed by atoms with Crippen LogP contribution in [0.25, 0.3) is 0 Å². The van der Waals surface area contributed by atoms with E-state index in [0.717, 1.165) is 19.5 Å². The van der Waals surface area contributed by atoms with Gasteiger partial charge >= 0.3 is 0 Å². The van der Waals surface area contributed by atoms with Gasteiger partial charge in [-0.3, -0.25) is 14.6 Å². The van der Waals surface area contributed by atoms with E-state index in [4.69, 9.17) is 5.73 Å². The van der Waals surface area contributed by atoms with Gasteiger partial charge in [-0.15, -0.1) is 0 Å². The van der Waals surface area contributed by atoms with Gasteiger partial charge in [0.2, 0.25) is 5.91 Å². The lowest BCUT2D eigenvalue weighted by Crippen LogP contribution is -2.56. The fourth-order valence-electron chi connectivity index (χ4n) is 2.63. The van der Waals surface area contributed by atoms with Gasteiger partial charge < -0.3 is 5.73 Å². The first-order valence-corrected chi connectivity index (χ1v) is 6.28. The molecule has 1 fully saturated rings. The second kappa shape index (κ2) is 5.08. The number of likely N-dealkylation sites (tertiary alicyclic amines) is 1. The quantitative estimate of drug-likeness (QED) is 0.851. The Balaban J connectivity index is 2.06. The maximum Gasteiger partial charge on any atom is 0.239 e. The van der Waals surface area contributed by atoms with Crippen molar-refractivity contribution in [2.45, 2.75) is 18.5 Å². The molecule has 1 aliphatic heterocycles. The van der Waals surface area contributed by atoms with Crippen molar-refractivity contribution in [3.05, 3.63) is 35.9 Å². The fraction of sp³-hybridized carbons (Fsp3) is 0.500. The Labute approximate surface area is 108 Å². The molecule has 2 N–H and O–H groups in total. The third kappa shape index (κ3) is 2.40. The van der Waals surface area contributed by atoms with Crippen molar-refractivity contribution in [1.29, 1.82) is 0 Å². The number of amides is 1. The van der Waals surface area contributed by atoms with Crippen LogP contribution in [0.5, 0.6) is 0 Å². The van der Waals surface area contributed by atoms with E-state index in [0.29, 0.717) is 6.54 Å². The van der Waals surface area contributed by atoms with Gasteiger partial charge in [0, 0.05) is 19.6 Å². The van der Waals surface area contributed by atoms with Crippen LogP contribution in [0.4, 0.5) is 0 Å². The Morgan fingerprint density at radius 1 is 1.39 bits per heavy atom. The highest BCUT2D eigenvalue weighted by Gasteiger charge is 2.44. The summed E-state index contributed by atoms with van der Waals surface area (Å²) in [6.07, 6.45) is 0.808. The molecule has 0 radical (unpaired) electrons. The summed E-state index contributed by atoms with van der Waals surface area (Å²) in [6.45, 7) is 2.50. The van der Waals surface area contributed by atoms with Crippen LogP contribution in [-0.4, -0.2) is 48.4 Å². The second-order valence-electron chi connectivity index (χ2n) is 5.24.